The van der Waals surface area contributed by atoms with E-state index in [0.717, 1.165) is 37.8 Å². The van der Waals surface area contributed by atoms with Gasteiger partial charge in [-0.2, -0.15) is 5.10 Å². The summed E-state index contributed by atoms with van der Waals surface area (Å²) in [4.78, 5) is 16.1. The molecule has 4 fully saturated rings. The molecule has 174 valence electrons. The molecule has 4 saturated carbocycles. The molecule has 4 aliphatic carbocycles. The first-order valence-electron chi connectivity index (χ1n) is 11.7. The van der Waals surface area contributed by atoms with E-state index in [2.05, 4.69) is 22.0 Å². The number of nitrogens with two attached hydrogens (primary N) is 1. The lowest BCUT2D eigenvalue weighted by Gasteiger charge is -2.68. The lowest BCUT2D eigenvalue weighted by molar-refractivity contribution is -0.129. The number of hydrogen-bond donors (Lipinski definition) is 1. The number of rotatable bonds is 7. The van der Waals surface area contributed by atoms with Crippen LogP contribution in [0.5, 0.6) is 0 Å². The smallest absolute Gasteiger partial charge is 0.255 e. The largest absolute Gasteiger partial charge is 0.393 e. The van der Waals surface area contributed by atoms with Crippen molar-refractivity contribution in [3.8, 4) is 11.3 Å². The van der Waals surface area contributed by atoms with E-state index >= 15 is 4.39 Å². The molecule has 7 nitrogen and oxygen atoms in total. The molecule has 2 heterocycles. The van der Waals surface area contributed by atoms with Crippen LogP contribution in [-0.4, -0.2) is 20.7 Å². The van der Waals surface area contributed by atoms with Gasteiger partial charge in [0, 0.05) is 23.5 Å². The molecule has 0 radical (unpaired) electrons. The van der Waals surface area contributed by atoms with E-state index in [1.54, 1.807) is 16.8 Å². The number of carbonyl (C=O) groups is 1. The summed E-state index contributed by atoms with van der Waals surface area (Å²) in [6, 6.07) is 6.52. The number of carbonyl (C=O) groups excluding carboxylic acids is 1. The van der Waals surface area contributed by atoms with Gasteiger partial charge in [-0.05, 0) is 56.1 Å². The van der Waals surface area contributed by atoms with Crippen LogP contribution >= 0.6 is 0 Å². The van der Waals surface area contributed by atoms with Crippen molar-refractivity contribution in [1.29, 1.82) is 0 Å². The van der Waals surface area contributed by atoms with Gasteiger partial charge in [-0.3, -0.25) is 9.48 Å². The van der Waals surface area contributed by atoms with Crippen LogP contribution in [0.1, 0.15) is 63.0 Å². The van der Waals surface area contributed by atoms with Crippen LogP contribution in [-0.2, 0) is 28.6 Å². The second-order valence-electron chi connectivity index (χ2n) is 11.1. The number of nitrogens with zero attached hydrogens (tertiary/aromatic N) is 4. The van der Waals surface area contributed by atoms with Gasteiger partial charge in [-0.1, -0.05) is 24.2 Å². The number of anilines is 1. The fraction of sp³-hybridized carbons (Fsp3) is 0.462. The molecule has 7 rings (SSSR count). The average Bonchev–Trinajstić information content (AvgIpc) is 3.16. The summed E-state index contributed by atoms with van der Waals surface area (Å²) in [7, 11) is 0. The van der Waals surface area contributed by atoms with Crippen molar-refractivity contribution < 1.29 is 13.7 Å². The Morgan fingerprint density at radius 1 is 1.24 bits per heavy atom. The topological polar surface area (TPSA) is 91.3 Å². The number of aromatic nitrogens is 3. The van der Waals surface area contributed by atoms with E-state index in [-0.39, 0.29) is 52.3 Å². The lowest BCUT2D eigenvalue weighted by atomic mass is 9.35. The van der Waals surface area contributed by atoms with E-state index in [0.29, 0.717) is 16.7 Å². The van der Waals surface area contributed by atoms with Gasteiger partial charge in [-0.25, -0.2) is 9.24 Å². The minimum atomic E-state index is -0.528. The van der Waals surface area contributed by atoms with Gasteiger partial charge >= 0.3 is 0 Å². The summed E-state index contributed by atoms with van der Waals surface area (Å²) in [5.74, 6) is 0.225. The Bertz CT molecular complexity index is 1370. The highest BCUT2D eigenvalue weighted by Gasteiger charge is 2.66. The average molecular weight is 460 g/mol. The first-order chi connectivity index (χ1) is 16.1. The SMILES string of the molecule is [C-]#[N+]c1c(-c2ccc(CC(=O)Cc3cc(C45CC(C)(C4)C5)no3)cc2F)nn(C2(C)CC2)c1N. The van der Waals surface area contributed by atoms with Gasteiger partial charge < -0.3 is 10.3 Å². The molecule has 0 spiro atoms. The quantitative estimate of drug-likeness (QED) is 0.496. The molecule has 0 unspecified atom stereocenters. The van der Waals surface area contributed by atoms with Crippen LogP contribution in [0.2, 0.25) is 0 Å². The molecule has 0 atom stereocenters. The zero-order chi connectivity index (χ0) is 23.9. The molecular formula is C26H26FN5O2. The van der Waals surface area contributed by atoms with E-state index in [4.69, 9.17) is 16.8 Å². The molecule has 0 saturated heterocycles. The highest BCUT2D eigenvalue weighted by Crippen LogP contribution is 2.73. The third kappa shape index (κ3) is 3.10. The molecule has 3 aromatic rings. The number of ketones is 1. The fourth-order valence-corrected chi connectivity index (χ4v) is 6.08. The predicted octanol–water partition coefficient (Wildman–Crippen LogP) is 5.12. The van der Waals surface area contributed by atoms with Crippen LogP contribution in [0.15, 0.2) is 28.8 Å². The summed E-state index contributed by atoms with van der Waals surface area (Å²) < 4.78 is 22.1. The van der Waals surface area contributed by atoms with Gasteiger partial charge in [0.15, 0.2) is 0 Å². The Kier molecular flexibility index (Phi) is 4.21. The number of nitrogen functional groups attached to an aromatic ring is 1. The highest BCUT2D eigenvalue weighted by molar-refractivity contribution is 5.85. The summed E-state index contributed by atoms with van der Waals surface area (Å²) >= 11 is 0. The molecule has 0 amide bonds. The van der Waals surface area contributed by atoms with Gasteiger partial charge in [0.25, 0.3) is 5.69 Å². The number of halogens is 1. The first kappa shape index (κ1) is 21.1. The van der Waals surface area contributed by atoms with E-state index in [1.165, 1.54) is 6.07 Å². The molecule has 2 bridgehead atoms. The maximum absolute atomic E-state index is 15.1. The molecule has 4 aliphatic rings. The van der Waals surface area contributed by atoms with Crippen LogP contribution in [0, 0.1) is 17.8 Å². The third-order valence-corrected chi connectivity index (χ3v) is 7.95. The summed E-state index contributed by atoms with van der Waals surface area (Å²) in [5, 5.41) is 8.70. The first-order valence-corrected chi connectivity index (χ1v) is 11.7. The Labute approximate surface area is 196 Å². The van der Waals surface area contributed by atoms with Crippen molar-refractivity contribution in [2.45, 2.75) is 69.7 Å². The second kappa shape index (κ2) is 6.78. The molecule has 2 aromatic heterocycles. The van der Waals surface area contributed by atoms with Crippen LogP contribution in [0.4, 0.5) is 15.9 Å². The number of Topliss-reactive ketones (excluding diaryl/α,β-unsaturated/α-hetero) is 1. The summed E-state index contributed by atoms with van der Waals surface area (Å²) in [6.07, 6.45) is 5.49. The number of hydrogen-bond acceptors (Lipinski definition) is 5. The van der Waals surface area contributed by atoms with Crippen molar-refractivity contribution in [2.24, 2.45) is 5.41 Å². The monoisotopic (exact) mass is 459 g/mol. The molecule has 0 aliphatic heterocycles. The molecule has 1 aromatic carbocycles. The Morgan fingerprint density at radius 3 is 2.59 bits per heavy atom. The van der Waals surface area contributed by atoms with Gasteiger partial charge in [0.05, 0.1) is 24.2 Å². The van der Waals surface area contributed by atoms with E-state index < -0.39 is 5.82 Å². The fourth-order valence-electron chi connectivity index (χ4n) is 6.08. The van der Waals surface area contributed by atoms with Gasteiger partial charge in [0.2, 0.25) is 0 Å². The minimum Gasteiger partial charge on any atom is -0.393 e. The zero-order valence-electron chi connectivity index (χ0n) is 19.3. The maximum Gasteiger partial charge on any atom is 0.255 e. The highest BCUT2D eigenvalue weighted by atomic mass is 19.1. The van der Waals surface area contributed by atoms with Crippen molar-refractivity contribution >= 4 is 17.3 Å². The number of benzene rings is 1. The summed E-state index contributed by atoms with van der Waals surface area (Å²) in [6.45, 7) is 11.8. The molecule has 2 N–H and O–H groups in total. The normalized spacial score (nSPS) is 25.8. The van der Waals surface area contributed by atoms with Crippen LogP contribution in [0.25, 0.3) is 16.1 Å². The second-order valence-corrected chi connectivity index (χ2v) is 11.1. The van der Waals surface area contributed by atoms with Crippen molar-refractivity contribution in [2.75, 3.05) is 5.73 Å². The third-order valence-electron chi connectivity index (χ3n) is 7.95. The van der Waals surface area contributed by atoms with E-state index in [1.807, 2.05) is 13.0 Å². The van der Waals surface area contributed by atoms with Crippen molar-refractivity contribution in [3.63, 3.8) is 0 Å². The molecule has 8 heteroatoms. The zero-order valence-corrected chi connectivity index (χ0v) is 19.3. The van der Waals surface area contributed by atoms with Crippen molar-refractivity contribution in [3.05, 3.63) is 58.5 Å². The Hall–Kier alpha value is -3.47. The Morgan fingerprint density at radius 2 is 1.97 bits per heavy atom. The maximum atomic E-state index is 15.1. The molecular weight excluding hydrogens is 433 g/mol. The molecule has 34 heavy (non-hydrogen) atoms. The van der Waals surface area contributed by atoms with Gasteiger partial charge in [0.1, 0.15) is 28.9 Å². The standard InChI is InChI=1S/C26H26FN5O2/c1-24-12-26(13-24,14-24)20-11-17(34-31-20)10-16(33)8-15-4-5-18(19(27)9-15)21-22(29-3)23(28)32(30-21)25(2)6-7-25/h4-5,9,11H,6-8,10,12-14,28H2,1-2H3. The predicted molar refractivity (Wildman–Crippen MR) is 124 cm³/mol. The van der Waals surface area contributed by atoms with Gasteiger partial charge in [-0.15, -0.1) is 0 Å². The lowest BCUT2D eigenvalue weighted by Crippen LogP contribution is -2.63. The van der Waals surface area contributed by atoms with Crippen molar-refractivity contribution in [1.82, 2.24) is 14.9 Å². The van der Waals surface area contributed by atoms with Crippen LogP contribution < -0.4 is 5.73 Å². The van der Waals surface area contributed by atoms with Crippen LogP contribution in [0.3, 0.4) is 0 Å². The minimum absolute atomic E-state index is 0.0727. The Balaban J connectivity index is 1.17. The summed E-state index contributed by atoms with van der Waals surface area (Å²) in [5.41, 5.74) is 8.72. The van der Waals surface area contributed by atoms with E-state index in [9.17, 15) is 4.79 Å².